The fourth-order valence-electron chi connectivity index (χ4n) is 4.11. The second-order valence-electron chi connectivity index (χ2n) is 8.34. The topological polar surface area (TPSA) is 20.2 Å². The highest BCUT2D eigenvalue weighted by molar-refractivity contribution is 5.45. The first-order chi connectivity index (χ1) is 13.2. The van der Waals surface area contributed by atoms with Crippen LogP contribution in [0.1, 0.15) is 127 Å². The molecule has 0 atom stereocenters. The van der Waals surface area contributed by atoms with Crippen LogP contribution < -0.4 is 0 Å². The van der Waals surface area contributed by atoms with Crippen LogP contribution in [0.15, 0.2) is 12.1 Å². The van der Waals surface area contributed by atoms with Gasteiger partial charge in [-0.1, -0.05) is 97.5 Å². The first kappa shape index (κ1) is 24.1. The lowest BCUT2D eigenvalue weighted by Gasteiger charge is -2.17. The van der Waals surface area contributed by atoms with Crippen LogP contribution in [0.5, 0.6) is 5.75 Å². The summed E-state index contributed by atoms with van der Waals surface area (Å²) in [5.41, 5.74) is 4.26. The highest BCUT2D eigenvalue weighted by Gasteiger charge is 2.13. The molecule has 0 aromatic heterocycles. The zero-order valence-electron chi connectivity index (χ0n) is 18.6. The van der Waals surface area contributed by atoms with Crippen molar-refractivity contribution in [1.82, 2.24) is 0 Å². The monoisotopic (exact) mass is 374 g/mol. The van der Waals surface area contributed by atoms with E-state index in [0.717, 1.165) is 12.8 Å². The number of hydrogen-bond donors (Lipinski definition) is 1. The van der Waals surface area contributed by atoms with Crippen molar-refractivity contribution in [1.29, 1.82) is 0 Å². The summed E-state index contributed by atoms with van der Waals surface area (Å²) in [5, 5.41) is 10.5. The van der Waals surface area contributed by atoms with Crippen molar-refractivity contribution < 1.29 is 5.11 Å². The maximum Gasteiger partial charge on any atom is 0.119 e. The average Bonchev–Trinajstić information content (AvgIpc) is 2.67. The summed E-state index contributed by atoms with van der Waals surface area (Å²) >= 11 is 0. The SMILES string of the molecule is CCCCCCCCCCc1c(O)ccc(CCCCC)c1CCCCC. The summed E-state index contributed by atoms with van der Waals surface area (Å²) in [4.78, 5) is 0. The number of hydrogen-bond acceptors (Lipinski definition) is 1. The molecule has 27 heavy (non-hydrogen) atoms. The molecule has 0 amide bonds. The highest BCUT2D eigenvalue weighted by atomic mass is 16.3. The van der Waals surface area contributed by atoms with E-state index in [0.29, 0.717) is 5.75 Å². The molecule has 1 aromatic carbocycles. The minimum atomic E-state index is 0.545. The maximum atomic E-state index is 10.5. The lowest BCUT2D eigenvalue weighted by Crippen LogP contribution is -2.02. The fraction of sp³-hybridized carbons (Fsp3) is 0.769. The Bertz CT molecular complexity index is 477. The molecule has 1 nitrogen and oxygen atoms in total. The van der Waals surface area contributed by atoms with Crippen molar-refractivity contribution in [3.05, 3.63) is 28.8 Å². The number of phenolic OH excluding ortho intramolecular Hbond substituents is 1. The van der Waals surface area contributed by atoms with Gasteiger partial charge in [0.25, 0.3) is 0 Å². The van der Waals surface area contributed by atoms with Crippen molar-refractivity contribution in [2.75, 3.05) is 0 Å². The average molecular weight is 375 g/mol. The van der Waals surface area contributed by atoms with Crippen LogP contribution in [0.2, 0.25) is 0 Å². The van der Waals surface area contributed by atoms with Gasteiger partial charge in [0.05, 0.1) is 0 Å². The van der Waals surface area contributed by atoms with Crippen LogP contribution in [0.3, 0.4) is 0 Å². The van der Waals surface area contributed by atoms with Crippen LogP contribution in [-0.2, 0) is 19.3 Å². The Labute approximate surface area is 170 Å². The van der Waals surface area contributed by atoms with E-state index in [1.165, 1.54) is 113 Å². The molecule has 0 spiro atoms. The molecular weight excluding hydrogens is 328 g/mol. The van der Waals surface area contributed by atoms with Crippen LogP contribution in [-0.4, -0.2) is 5.11 Å². The second-order valence-corrected chi connectivity index (χ2v) is 8.34. The molecule has 0 bridgehead atoms. The standard InChI is InChI=1S/C26H46O/c1-4-7-10-11-12-13-14-17-20-25-24(19-16-9-6-3)23(18-15-8-5-2)21-22-26(25)27/h21-22,27H,4-20H2,1-3H3. The van der Waals surface area contributed by atoms with Crippen LogP contribution in [0.4, 0.5) is 0 Å². The molecule has 1 aromatic rings. The molecule has 0 saturated carbocycles. The van der Waals surface area contributed by atoms with Gasteiger partial charge < -0.3 is 5.11 Å². The molecule has 0 heterocycles. The molecule has 0 aliphatic carbocycles. The molecule has 0 unspecified atom stereocenters. The van der Waals surface area contributed by atoms with Crippen LogP contribution >= 0.6 is 0 Å². The summed E-state index contributed by atoms with van der Waals surface area (Å²) in [6.45, 7) is 6.82. The minimum absolute atomic E-state index is 0.545. The summed E-state index contributed by atoms with van der Waals surface area (Å²) in [6.07, 6.45) is 21.8. The summed E-state index contributed by atoms with van der Waals surface area (Å²) in [6, 6.07) is 4.16. The van der Waals surface area contributed by atoms with Crippen molar-refractivity contribution in [3.8, 4) is 5.75 Å². The molecule has 1 rings (SSSR count). The van der Waals surface area contributed by atoms with Crippen molar-refractivity contribution >= 4 is 0 Å². The quantitative estimate of drug-likeness (QED) is 0.271. The van der Waals surface area contributed by atoms with Gasteiger partial charge in [0, 0.05) is 0 Å². The minimum Gasteiger partial charge on any atom is -0.508 e. The van der Waals surface area contributed by atoms with E-state index in [-0.39, 0.29) is 0 Å². The maximum absolute atomic E-state index is 10.5. The lowest BCUT2D eigenvalue weighted by molar-refractivity contribution is 0.463. The third-order valence-electron chi connectivity index (χ3n) is 5.86. The van der Waals surface area contributed by atoms with Gasteiger partial charge in [-0.15, -0.1) is 0 Å². The van der Waals surface area contributed by atoms with Gasteiger partial charge in [-0.25, -0.2) is 0 Å². The van der Waals surface area contributed by atoms with Gasteiger partial charge in [0.15, 0.2) is 0 Å². The predicted octanol–water partition coefficient (Wildman–Crippen LogP) is 8.54. The van der Waals surface area contributed by atoms with E-state index >= 15 is 0 Å². The Morgan fingerprint density at radius 2 is 0.963 bits per heavy atom. The van der Waals surface area contributed by atoms with E-state index in [2.05, 4.69) is 26.8 Å². The zero-order valence-corrected chi connectivity index (χ0v) is 18.6. The van der Waals surface area contributed by atoms with Gasteiger partial charge in [-0.05, 0) is 61.3 Å². The number of rotatable bonds is 17. The second kappa shape index (κ2) is 16.0. The Morgan fingerprint density at radius 3 is 1.59 bits per heavy atom. The highest BCUT2D eigenvalue weighted by Crippen LogP contribution is 2.29. The lowest BCUT2D eigenvalue weighted by atomic mass is 9.89. The molecule has 156 valence electrons. The number of benzene rings is 1. The van der Waals surface area contributed by atoms with Crippen molar-refractivity contribution in [2.24, 2.45) is 0 Å². The Kier molecular flexibility index (Phi) is 14.3. The van der Waals surface area contributed by atoms with E-state index in [1.807, 2.05) is 6.07 Å². The molecule has 0 aliphatic rings. The number of aromatic hydroxyl groups is 1. The first-order valence-electron chi connectivity index (χ1n) is 12.1. The normalized spacial score (nSPS) is 11.2. The third kappa shape index (κ3) is 10.2. The summed E-state index contributed by atoms with van der Waals surface area (Å²) in [7, 11) is 0. The summed E-state index contributed by atoms with van der Waals surface area (Å²) < 4.78 is 0. The smallest absolute Gasteiger partial charge is 0.119 e. The number of aryl methyl sites for hydroxylation is 1. The third-order valence-corrected chi connectivity index (χ3v) is 5.86. The Balaban J connectivity index is 2.61. The fourth-order valence-corrected chi connectivity index (χ4v) is 4.11. The van der Waals surface area contributed by atoms with E-state index in [4.69, 9.17) is 0 Å². The Hall–Kier alpha value is -0.980. The first-order valence-corrected chi connectivity index (χ1v) is 12.1. The molecule has 0 fully saturated rings. The van der Waals surface area contributed by atoms with E-state index in [1.54, 1.807) is 0 Å². The molecule has 0 radical (unpaired) electrons. The molecule has 1 N–H and O–H groups in total. The number of phenols is 1. The molecule has 1 heteroatoms. The van der Waals surface area contributed by atoms with E-state index < -0.39 is 0 Å². The van der Waals surface area contributed by atoms with Gasteiger partial charge >= 0.3 is 0 Å². The van der Waals surface area contributed by atoms with E-state index in [9.17, 15) is 5.11 Å². The van der Waals surface area contributed by atoms with Gasteiger partial charge in [0.2, 0.25) is 0 Å². The predicted molar refractivity (Wildman–Crippen MR) is 121 cm³/mol. The zero-order chi connectivity index (χ0) is 19.7. The van der Waals surface area contributed by atoms with Crippen LogP contribution in [0, 0.1) is 0 Å². The van der Waals surface area contributed by atoms with Gasteiger partial charge in [-0.3, -0.25) is 0 Å². The van der Waals surface area contributed by atoms with Crippen molar-refractivity contribution in [2.45, 2.75) is 130 Å². The molecule has 0 saturated heterocycles. The van der Waals surface area contributed by atoms with Crippen molar-refractivity contribution in [3.63, 3.8) is 0 Å². The summed E-state index contributed by atoms with van der Waals surface area (Å²) in [5.74, 6) is 0.545. The largest absolute Gasteiger partial charge is 0.508 e. The number of unbranched alkanes of at least 4 members (excludes halogenated alkanes) is 11. The van der Waals surface area contributed by atoms with Gasteiger partial charge in [-0.2, -0.15) is 0 Å². The molecular formula is C26H46O. The molecule has 0 aliphatic heterocycles. The van der Waals surface area contributed by atoms with Gasteiger partial charge in [0.1, 0.15) is 5.75 Å². The van der Waals surface area contributed by atoms with Crippen LogP contribution in [0.25, 0.3) is 0 Å². The Morgan fingerprint density at radius 1 is 0.519 bits per heavy atom.